The number of nitrogens with zero attached hydrogens (tertiary/aromatic N) is 2. The second-order valence-corrected chi connectivity index (χ2v) is 7.62. The van der Waals surface area contributed by atoms with E-state index in [-0.39, 0.29) is 5.91 Å². The minimum atomic E-state index is -0.0793. The van der Waals surface area contributed by atoms with E-state index in [1.54, 1.807) is 12.4 Å². The minimum Gasteiger partial charge on any atom is -0.379 e. The molecule has 6 heteroatoms. The van der Waals surface area contributed by atoms with Crippen molar-refractivity contribution in [2.75, 3.05) is 38.8 Å². The first-order chi connectivity index (χ1) is 13.1. The largest absolute Gasteiger partial charge is 0.379 e. The van der Waals surface area contributed by atoms with Gasteiger partial charge in [0.1, 0.15) is 0 Å². The van der Waals surface area contributed by atoms with Crippen LogP contribution in [0.25, 0.3) is 11.1 Å². The number of carbonyl (C=O) groups is 1. The van der Waals surface area contributed by atoms with Crippen LogP contribution in [0, 0.1) is 5.92 Å². The maximum atomic E-state index is 12.6. The first-order valence-corrected chi connectivity index (χ1v) is 9.45. The Bertz CT molecular complexity index is 794. The predicted octanol–water partition coefficient (Wildman–Crippen LogP) is 1.92. The van der Waals surface area contributed by atoms with Crippen molar-refractivity contribution < 1.29 is 9.53 Å². The van der Waals surface area contributed by atoms with Crippen molar-refractivity contribution in [3.63, 3.8) is 0 Å². The second kappa shape index (κ2) is 7.66. The van der Waals surface area contributed by atoms with Gasteiger partial charge in [0.2, 0.25) is 0 Å². The van der Waals surface area contributed by atoms with Crippen LogP contribution < -0.4 is 15.5 Å². The third-order valence-corrected chi connectivity index (χ3v) is 5.46. The summed E-state index contributed by atoms with van der Waals surface area (Å²) in [7, 11) is 4.03. The lowest BCUT2D eigenvalue weighted by Gasteiger charge is -2.14. The van der Waals surface area contributed by atoms with Gasteiger partial charge in [-0.3, -0.25) is 9.78 Å². The molecular formula is C21H26N4O2. The Morgan fingerprint density at radius 3 is 2.78 bits per heavy atom. The van der Waals surface area contributed by atoms with Gasteiger partial charge in [0, 0.05) is 62.3 Å². The van der Waals surface area contributed by atoms with Crippen LogP contribution in [0.4, 0.5) is 5.69 Å². The maximum Gasteiger partial charge on any atom is 0.252 e. The molecule has 0 bridgehead atoms. The monoisotopic (exact) mass is 366 g/mol. The molecule has 2 fully saturated rings. The van der Waals surface area contributed by atoms with Gasteiger partial charge in [0.25, 0.3) is 5.91 Å². The highest BCUT2D eigenvalue weighted by atomic mass is 16.5. The fraction of sp³-hybridized carbons (Fsp3) is 0.429. The molecule has 2 saturated heterocycles. The maximum absolute atomic E-state index is 12.6. The summed E-state index contributed by atoms with van der Waals surface area (Å²) in [5.74, 6) is 0.506. The summed E-state index contributed by atoms with van der Waals surface area (Å²) in [5.41, 5.74) is 3.72. The molecule has 2 aromatic rings. The zero-order chi connectivity index (χ0) is 18.8. The van der Waals surface area contributed by atoms with E-state index >= 15 is 0 Å². The second-order valence-electron chi connectivity index (χ2n) is 7.62. The van der Waals surface area contributed by atoms with Crippen LogP contribution in [-0.4, -0.2) is 56.8 Å². The Morgan fingerprint density at radius 2 is 2.04 bits per heavy atom. The van der Waals surface area contributed by atoms with Crippen molar-refractivity contribution in [2.45, 2.75) is 18.5 Å². The van der Waals surface area contributed by atoms with E-state index in [0.29, 0.717) is 30.1 Å². The summed E-state index contributed by atoms with van der Waals surface area (Å²) in [6, 6.07) is 10.9. The predicted molar refractivity (Wildman–Crippen MR) is 106 cm³/mol. The summed E-state index contributed by atoms with van der Waals surface area (Å²) in [4.78, 5) is 18.9. The molecule has 1 amide bonds. The minimum absolute atomic E-state index is 0.0793. The van der Waals surface area contributed by atoms with Crippen molar-refractivity contribution in [2.24, 2.45) is 5.92 Å². The molecule has 4 rings (SSSR count). The number of pyridine rings is 1. The summed E-state index contributed by atoms with van der Waals surface area (Å²) in [6.45, 7) is 2.25. The van der Waals surface area contributed by atoms with Crippen molar-refractivity contribution in [3.05, 3.63) is 48.3 Å². The van der Waals surface area contributed by atoms with E-state index in [1.807, 2.05) is 20.2 Å². The first-order valence-electron chi connectivity index (χ1n) is 9.45. The van der Waals surface area contributed by atoms with E-state index in [0.717, 1.165) is 36.4 Å². The Hall–Kier alpha value is -2.44. The van der Waals surface area contributed by atoms with Gasteiger partial charge in [0.15, 0.2) is 0 Å². The smallest absolute Gasteiger partial charge is 0.252 e. The van der Waals surface area contributed by atoms with Crippen molar-refractivity contribution >= 4 is 11.6 Å². The van der Waals surface area contributed by atoms with Gasteiger partial charge in [-0.2, -0.15) is 0 Å². The van der Waals surface area contributed by atoms with Gasteiger partial charge in [-0.1, -0.05) is 12.1 Å². The van der Waals surface area contributed by atoms with Crippen LogP contribution >= 0.6 is 0 Å². The number of carbonyl (C=O) groups excluding carboxylic acids is 1. The molecule has 0 spiro atoms. The zero-order valence-electron chi connectivity index (χ0n) is 15.8. The Labute approximate surface area is 159 Å². The highest BCUT2D eigenvalue weighted by Crippen LogP contribution is 2.26. The fourth-order valence-corrected chi connectivity index (χ4v) is 3.89. The van der Waals surface area contributed by atoms with Gasteiger partial charge in [-0.05, 0) is 30.2 Å². The van der Waals surface area contributed by atoms with Crippen LogP contribution in [0.15, 0.2) is 42.7 Å². The van der Waals surface area contributed by atoms with E-state index in [2.05, 4.69) is 44.8 Å². The van der Waals surface area contributed by atoms with Gasteiger partial charge in [0.05, 0.1) is 18.8 Å². The van der Waals surface area contributed by atoms with Gasteiger partial charge in [-0.25, -0.2) is 0 Å². The van der Waals surface area contributed by atoms with Gasteiger partial charge >= 0.3 is 0 Å². The highest BCUT2D eigenvalue weighted by molar-refractivity contribution is 5.95. The lowest BCUT2D eigenvalue weighted by Crippen LogP contribution is -2.40. The molecule has 3 unspecified atom stereocenters. The number of amides is 1. The summed E-state index contributed by atoms with van der Waals surface area (Å²) in [5, 5.41) is 6.60. The Kier molecular flexibility index (Phi) is 5.09. The molecule has 142 valence electrons. The fourth-order valence-electron chi connectivity index (χ4n) is 3.89. The SMILES string of the molecule is CN(C)c1ccc(-c2cncc(C(=O)NCC3CC4COCC4N3)c2)cc1. The number of benzene rings is 1. The van der Waals surface area contributed by atoms with Crippen LogP contribution in [-0.2, 0) is 4.74 Å². The molecular weight excluding hydrogens is 340 g/mol. The number of nitrogens with one attached hydrogen (secondary N) is 2. The van der Waals surface area contributed by atoms with Crippen LogP contribution in [0.2, 0.25) is 0 Å². The highest BCUT2D eigenvalue weighted by Gasteiger charge is 2.37. The van der Waals surface area contributed by atoms with Crippen molar-refractivity contribution in [1.29, 1.82) is 0 Å². The zero-order valence-corrected chi connectivity index (χ0v) is 15.8. The number of anilines is 1. The quantitative estimate of drug-likeness (QED) is 0.846. The first kappa shape index (κ1) is 17.9. The number of hydrogen-bond acceptors (Lipinski definition) is 5. The number of ether oxygens (including phenoxy) is 1. The van der Waals surface area contributed by atoms with Crippen LogP contribution in [0.3, 0.4) is 0 Å². The lowest BCUT2D eigenvalue weighted by atomic mass is 10.0. The average molecular weight is 366 g/mol. The number of fused-ring (bicyclic) bond motifs is 1. The molecule has 3 atom stereocenters. The molecule has 0 aliphatic carbocycles. The molecule has 0 saturated carbocycles. The van der Waals surface area contributed by atoms with E-state index < -0.39 is 0 Å². The summed E-state index contributed by atoms with van der Waals surface area (Å²) < 4.78 is 5.47. The van der Waals surface area contributed by atoms with E-state index in [1.165, 1.54) is 0 Å². The molecule has 0 radical (unpaired) electrons. The molecule has 6 nitrogen and oxygen atoms in total. The number of hydrogen-bond donors (Lipinski definition) is 2. The van der Waals surface area contributed by atoms with Crippen molar-refractivity contribution in [3.8, 4) is 11.1 Å². The molecule has 3 heterocycles. The molecule has 27 heavy (non-hydrogen) atoms. The third-order valence-electron chi connectivity index (χ3n) is 5.46. The Balaban J connectivity index is 1.39. The third kappa shape index (κ3) is 3.96. The summed E-state index contributed by atoms with van der Waals surface area (Å²) in [6.07, 6.45) is 4.47. The van der Waals surface area contributed by atoms with E-state index in [4.69, 9.17) is 4.74 Å². The molecule has 2 aliphatic rings. The number of rotatable bonds is 5. The summed E-state index contributed by atoms with van der Waals surface area (Å²) >= 11 is 0. The normalized spacial score (nSPS) is 23.9. The molecule has 1 aromatic heterocycles. The van der Waals surface area contributed by atoms with Crippen molar-refractivity contribution in [1.82, 2.24) is 15.6 Å². The number of aromatic nitrogens is 1. The molecule has 2 N–H and O–H groups in total. The van der Waals surface area contributed by atoms with Crippen LogP contribution in [0.5, 0.6) is 0 Å². The van der Waals surface area contributed by atoms with Crippen LogP contribution in [0.1, 0.15) is 16.8 Å². The Morgan fingerprint density at radius 1 is 1.22 bits per heavy atom. The topological polar surface area (TPSA) is 66.5 Å². The van der Waals surface area contributed by atoms with Gasteiger partial charge in [-0.15, -0.1) is 0 Å². The van der Waals surface area contributed by atoms with Gasteiger partial charge < -0.3 is 20.3 Å². The standard InChI is InChI=1S/C21H26N4O2/c1-25(2)19-5-3-14(4-6-19)15-7-16(10-22-9-15)21(26)23-11-18-8-17-12-27-13-20(17)24-18/h3-7,9-10,17-18,20,24H,8,11-13H2,1-2H3,(H,23,26). The molecule has 1 aromatic carbocycles. The average Bonchev–Trinajstić information content (AvgIpc) is 3.28. The van der Waals surface area contributed by atoms with E-state index in [9.17, 15) is 4.79 Å². The molecule has 2 aliphatic heterocycles. The lowest BCUT2D eigenvalue weighted by molar-refractivity contribution is 0.0948.